The average molecular weight is 270 g/mol. The molecule has 1 unspecified atom stereocenters. The molecule has 1 aromatic carbocycles. The Labute approximate surface area is 102 Å². The van der Waals surface area contributed by atoms with E-state index in [9.17, 15) is 4.79 Å². The number of rotatable bonds is 4. The van der Waals surface area contributed by atoms with E-state index < -0.39 is 11.3 Å². The fourth-order valence-electron chi connectivity index (χ4n) is 0.807. The Morgan fingerprint density at radius 3 is 2.60 bits per heavy atom. The summed E-state index contributed by atoms with van der Waals surface area (Å²) in [5, 5.41) is 8.17. The normalized spacial score (nSPS) is 12.2. The van der Waals surface area contributed by atoms with Crippen LogP contribution in [0.4, 0.5) is 0 Å². The van der Waals surface area contributed by atoms with Crippen molar-refractivity contribution < 1.29 is 14.6 Å². The van der Waals surface area contributed by atoms with Gasteiger partial charge >= 0.3 is 5.97 Å². The fourth-order valence-corrected chi connectivity index (χ4v) is 1.16. The molecule has 0 aromatic heterocycles. The van der Waals surface area contributed by atoms with Gasteiger partial charge in [-0.3, -0.25) is 4.79 Å². The summed E-state index contributed by atoms with van der Waals surface area (Å²) in [5.74, 6) is -0.701. The summed E-state index contributed by atoms with van der Waals surface area (Å²) in [6.07, 6.45) is 0. The Bertz CT molecular complexity index is 368. The van der Waals surface area contributed by atoms with E-state index in [4.69, 9.17) is 44.6 Å². The number of ether oxygens (including phenoxy) is 1. The topological polar surface area (TPSA) is 46.5 Å². The van der Waals surface area contributed by atoms with Crippen LogP contribution >= 0.6 is 34.8 Å². The standard InChI is InChI=1S/C9H7Cl3O3/c10-6-2-1-5(3-7(6)11)15-4-8(12)9(13)14/h1-3,8H,4H2,(H,13,14). The zero-order chi connectivity index (χ0) is 11.4. The van der Waals surface area contributed by atoms with Crippen LogP contribution in [-0.2, 0) is 4.79 Å². The van der Waals surface area contributed by atoms with E-state index in [1.165, 1.54) is 6.07 Å². The first kappa shape index (κ1) is 12.4. The molecule has 0 aliphatic heterocycles. The Kier molecular flexibility index (Phi) is 4.51. The van der Waals surface area contributed by atoms with Crippen LogP contribution in [0.5, 0.6) is 5.75 Å². The van der Waals surface area contributed by atoms with Crippen molar-refractivity contribution in [3.63, 3.8) is 0 Å². The van der Waals surface area contributed by atoms with Crippen LogP contribution in [0.25, 0.3) is 0 Å². The largest absolute Gasteiger partial charge is 0.491 e. The van der Waals surface area contributed by atoms with Crippen LogP contribution in [0.1, 0.15) is 0 Å². The molecule has 0 aliphatic rings. The lowest BCUT2D eigenvalue weighted by Crippen LogP contribution is -2.21. The predicted octanol–water partition coefficient (Wildman–Crippen LogP) is 3.06. The smallest absolute Gasteiger partial charge is 0.325 e. The molecule has 0 saturated heterocycles. The number of halogens is 3. The molecule has 0 aliphatic carbocycles. The van der Waals surface area contributed by atoms with Crippen LogP contribution in [0.15, 0.2) is 18.2 Å². The minimum Gasteiger partial charge on any atom is -0.491 e. The van der Waals surface area contributed by atoms with E-state index >= 15 is 0 Å². The molecular formula is C9H7Cl3O3. The monoisotopic (exact) mass is 268 g/mol. The van der Waals surface area contributed by atoms with E-state index in [2.05, 4.69) is 0 Å². The third-order valence-corrected chi connectivity index (χ3v) is 2.61. The van der Waals surface area contributed by atoms with E-state index in [0.717, 1.165) is 0 Å². The van der Waals surface area contributed by atoms with Gasteiger partial charge in [0.05, 0.1) is 10.0 Å². The quantitative estimate of drug-likeness (QED) is 0.855. The third kappa shape index (κ3) is 3.78. The lowest BCUT2D eigenvalue weighted by molar-refractivity contribution is -0.137. The molecular weight excluding hydrogens is 262 g/mol. The summed E-state index contributed by atoms with van der Waals surface area (Å²) >= 11 is 16.9. The molecule has 0 heterocycles. The van der Waals surface area contributed by atoms with Gasteiger partial charge in [0.1, 0.15) is 12.4 Å². The molecule has 1 atom stereocenters. The number of carbonyl (C=O) groups is 1. The molecule has 15 heavy (non-hydrogen) atoms. The molecule has 1 N–H and O–H groups in total. The maximum atomic E-state index is 10.4. The summed E-state index contributed by atoms with van der Waals surface area (Å²) in [7, 11) is 0. The highest BCUT2D eigenvalue weighted by molar-refractivity contribution is 6.42. The Morgan fingerprint density at radius 2 is 2.07 bits per heavy atom. The summed E-state index contributed by atoms with van der Waals surface area (Å²) in [4.78, 5) is 10.4. The second-order valence-corrected chi connectivity index (χ2v) is 4.03. The van der Waals surface area contributed by atoms with E-state index in [1.54, 1.807) is 12.1 Å². The van der Waals surface area contributed by atoms with Crippen molar-refractivity contribution in [2.75, 3.05) is 6.61 Å². The average Bonchev–Trinajstić information content (AvgIpc) is 2.19. The zero-order valence-electron chi connectivity index (χ0n) is 7.41. The second-order valence-electron chi connectivity index (χ2n) is 2.69. The molecule has 82 valence electrons. The zero-order valence-corrected chi connectivity index (χ0v) is 9.68. The van der Waals surface area contributed by atoms with Crippen molar-refractivity contribution in [3.05, 3.63) is 28.2 Å². The lowest BCUT2D eigenvalue weighted by Gasteiger charge is -2.08. The van der Waals surface area contributed by atoms with Gasteiger partial charge < -0.3 is 9.84 Å². The van der Waals surface area contributed by atoms with Gasteiger partial charge in [-0.2, -0.15) is 0 Å². The maximum absolute atomic E-state index is 10.4. The Hall–Kier alpha value is -0.640. The molecule has 0 saturated carbocycles. The highest BCUT2D eigenvalue weighted by Crippen LogP contribution is 2.26. The van der Waals surface area contributed by atoms with Gasteiger partial charge in [-0.15, -0.1) is 11.6 Å². The fraction of sp³-hybridized carbons (Fsp3) is 0.222. The third-order valence-electron chi connectivity index (χ3n) is 1.56. The van der Waals surface area contributed by atoms with Crippen LogP contribution in [0.3, 0.4) is 0 Å². The van der Waals surface area contributed by atoms with Crippen molar-refractivity contribution >= 4 is 40.8 Å². The number of hydrogen-bond acceptors (Lipinski definition) is 2. The number of benzene rings is 1. The molecule has 0 bridgehead atoms. The van der Waals surface area contributed by atoms with E-state index in [0.29, 0.717) is 15.8 Å². The number of carboxylic acid groups (broad SMARTS) is 1. The van der Waals surface area contributed by atoms with Gasteiger partial charge in [0.25, 0.3) is 0 Å². The number of hydrogen-bond donors (Lipinski definition) is 1. The SMILES string of the molecule is O=C(O)C(Cl)COc1ccc(Cl)c(Cl)c1. The van der Waals surface area contributed by atoms with Crippen molar-refractivity contribution in [2.24, 2.45) is 0 Å². The summed E-state index contributed by atoms with van der Waals surface area (Å²) in [6.45, 7) is -0.130. The lowest BCUT2D eigenvalue weighted by atomic mass is 10.3. The highest BCUT2D eigenvalue weighted by Gasteiger charge is 2.14. The summed E-state index contributed by atoms with van der Waals surface area (Å²) in [6, 6.07) is 4.64. The molecule has 3 nitrogen and oxygen atoms in total. The van der Waals surface area contributed by atoms with Crippen LogP contribution in [-0.4, -0.2) is 23.1 Å². The van der Waals surface area contributed by atoms with Gasteiger partial charge in [0.2, 0.25) is 0 Å². The van der Waals surface area contributed by atoms with Crippen molar-refractivity contribution in [3.8, 4) is 5.75 Å². The van der Waals surface area contributed by atoms with Crippen molar-refractivity contribution in [1.29, 1.82) is 0 Å². The van der Waals surface area contributed by atoms with E-state index in [-0.39, 0.29) is 6.61 Å². The van der Waals surface area contributed by atoms with Crippen LogP contribution < -0.4 is 4.74 Å². The first-order chi connectivity index (χ1) is 7.00. The van der Waals surface area contributed by atoms with Crippen LogP contribution in [0.2, 0.25) is 10.0 Å². The van der Waals surface area contributed by atoms with Gasteiger partial charge in [-0.05, 0) is 12.1 Å². The Balaban J connectivity index is 2.58. The molecule has 0 spiro atoms. The molecule has 0 amide bonds. The molecule has 6 heteroatoms. The maximum Gasteiger partial charge on any atom is 0.325 e. The van der Waals surface area contributed by atoms with Crippen molar-refractivity contribution in [1.82, 2.24) is 0 Å². The molecule has 0 radical (unpaired) electrons. The summed E-state index contributed by atoms with van der Waals surface area (Å²) < 4.78 is 5.11. The minimum absolute atomic E-state index is 0.130. The van der Waals surface area contributed by atoms with E-state index in [1.807, 2.05) is 0 Å². The summed E-state index contributed by atoms with van der Waals surface area (Å²) in [5.41, 5.74) is 0. The number of alkyl halides is 1. The first-order valence-corrected chi connectivity index (χ1v) is 5.14. The molecule has 1 rings (SSSR count). The highest BCUT2D eigenvalue weighted by atomic mass is 35.5. The van der Waals surface area contributed by atoms with Gasteiger partial charge in [0.15, 0.2) is 5.38 Å². The molecule has 0 fully saturated rings. The number of aliphatic carboxylic acids is 1. The first-order valence-electron chi connectivity index (χ1n) is 3.95. The molecule has 1 aromatic rings. The Morgan fingerprint density at radius 1 is 1.40 bits per heavy atom. The van der Waals surface area contributed by atoms with Gasteiger partial charge in [-0.25, -0.2) is 0 Å². The number of carboxylic acids is 1. The predicted molar refractivity (Wildman–Crippen MR) is 59.2 cm³/mol. The minimum atomic E-state index is -1.13. The van der Waals surface area contributed by atoms with Crippen LogP contribution in [0, 0.1) is 0 Å². The van der Waals surface area contributed by atoms with Gasteiger partial charge in [0, 0.05) is 6.07 Å². The second kappa shape index (κ2) is 5.45. The van der Waals surface area contributed by atoms with Crippen molar-refractivity contribution in [2.45, 2.75) is 5.38 Å². The van der Waals surface area contributed by atoms with Gasteiger partial charge in [-0.1, -0.05) is 23.2 Å².